The molecule has 0 atom stereocenters. The number of nitro benzene ring substituents is 1. The van der Waals surface area contributed by atoms with Gasteiger partial charge >= 0.3 is 5.97 Å². The van der Waals surface area contributed by atoms with Gasteiger partial charge in [0, 0.05) is 31.7 Å². The molecule has 0 unspecified atom stereocenters. The van der Waals surface area contributed by atoms with Crippen LogP contribution in [0.4, 0.5) is 11.4 Å². The molecule has 0 saturated carbocycles. The number of ether oxygens (including phenoxy) is 3. The standard InChI is InChI=1S/C15H20N2O6/c1-15(2)8-10-12(16-5-6-21-3)11(17(19)20)7-9(13(10)23-15)14(18)22-4/h7,16H,5-6,8H2,1-4H3. The zero-order valence-electron chi connectivity index (χ0n) is 13.6. The average molecular weight is 324 g/mol. The first kappa shape index (κ1) is 17.0. The summed E-state index contributed by atoms with van der Waals surface area (Å²) in [5.74, 6) is -0.321. The number of hydrogen-bond acceptors (Lipinski definition) is 7. The number of hydrogen-bond donors (Lipinski definition) is 1. The van der Waals surface area contributed by atoms with Gasteiger partial charge in [-0.2, -0.15) is 0 Å². The Kier molecular flexibility index (Phi) is 4.74. The third kappa shape index (κ3) is 3.37. The second-order valence-corrected chi connectivity index (χ2v) is 5.83. The van der Waals surface area contributed by atoms with E-state index in [4.69, 9.17) is 14.2 Å². The minimum atomic E-state index is -0.662. The number of methoxy groups -OCH3 is 2. The maximum absolute atomic E-state index is 12.0. The van der Waals surface area contributed by atoms with Crippen molar-refractivity contribution in [3.63, 3.8) is 0 Å². The van der Waals surface area contributed by atoms with Crippen molar-refractivity contribution in [3.8, 4) is 5.75 Å². The summed E-state index contributed by atoms with van der Waals surface area (Å²) in [4.78, 5) is 22.9. The smallest absolute Gasteiger partial charge is 0.341 e. The van der Waals surface area contributed by atoms with Crippen LogP contribution in [0.3, 0.4) is 0 Å². The lowest BCUT2D eigenvalue weighted by atomic mass is 9.97. The van der Waals surface area contributed by atoms with E-state index in [9.17, 15) is 14.9 Å². The molecule has 1 aliphatic heterocycles. The van der Waals surface area contributed by atoms with Gasteiger partial charge < -0.3 is 19.5 Å². The van der Waals surface area contributed by atoms with Gasteiger partial charge in [0.1, 0.15) is 22.6 Å². The zero-order valence-corrected chi connectivity index (χ0v) is 13.6. The van der Waals surface area contributed by atoms with E-state index in [-0.39, 0.29) is 11.3 Å². The summed E-state index contributed by atoms with van der Waals surface area (Å²) in [6, 6.07) is 1.20. The molecular weight excluding hydrogens is 304 g/mol. The quantitative estimate of drug-likeness (QED) is 0.370. The first-order chi connectivity index (χ1) is 10.8. The van der Waals surface area contributed by atoms with Gasteiger partial charge in [-0.3, -0.25) is 10.1 Å². The monoisotopic (exact) mass is 324 g/mol. The average Bonchev–Trinajstić information content (AvgIpc) is 2.81. The van der Waals surface area contributed by atoms with Gasteiger partial charge in [0.25, 0.3) is 5.69 Å². The van der Waals surface area contributed by atoms with Crippen LogP contribution >= 0.6 is 0 Å². The summed E-state index contributed by atoms with van der Waals surface area (Å²) < 4.78 is 15.5. The molecule has 23 heavy (non-hydrogen) atoms. The molecule has 126 valence electrons. The highest BCUT2D eigenvalue weighted by Crippen LogP contribution is 2.46. The van der Waals surface area contributed by atoms with Crippen molar-refractivity contribution in [2.24, 2.45) is 0 Å². The summed E-state index contributed by atoms with van der Waals surface area (Å²) in [5.41, 5.74) is 0.303. The molecule has 1 aliphatic rings. The van der Waals surface area contributed by atoms with Gasteiger partial charge in [0.2, 0.25) is 0 Å². The van der Waals surface area contributed by atoms with E-state index in [0.717, 1.165) is 0 Å². The minimum absolute atomic E-state index is 0.0667. The van der Waals surface area contributed by atoms with E-state index in [1.165, 1.54) is 13.2 Å². The van der Waals surface area contributed by atoms with E-state index >= 15 is 0 Å². The number of esters is 1. The van der Waals surface area contributed by atoms with Crippen molar-refractivity contribution >= 4 is 17.3 Å². The van der Waals surface area contributed by atoms with E-state index in [1.807, 2.05) is 13.8 Å². The van der Waals surface area contributed by atoms with Crippen molar-refractivity contribution < 1.29 is 23.9 Å². The zero-order chi connectivity index (χ0) is 17.2. The van der Waals surface area contributed by atoms with Crippen LogP contribution in [0.5, 0.6) is 5.75 Å². The van der Waals surface area contributed by atoms with Gasteiger partial charge in [0.15, 0.2) is 0 Å². The van der Waals surface area contributed by atoms with Crippen LogP contribution in [0.25, 0.3) is 0 Å². The molecule has 0 radical (unpaired) electrons. The lowest BCUT2D eigenvalue weighted by Gasteiger charge is -2.17. The van der Waals surface area contributed by atoms with Crippen molar-refractivity contribution in [1.82, 2.24) is 0 Å². The van der Waals surface area contributed by atoms with Gasteiger partial charge in [-0.1, -0.05) is 0 Å². The number of benzene rings is 1. The summed E-state index contributed by atoms with van der Waals surface area (Å²) in [6.45, 7) is 4.52. The fraction of sp³-hybridized carbons (Fsp3) is 0.533. The Balaban J connectivity index is 2.60. The Bertz CT molecular complexity index is 641. The number of anilines is 1. The molecule has 8 heteroatoms. The normalized spacial score (nSPS) is 14.8. The maximum Gasteiger partial charge on any atom is 0.341 e. The second-order valence-electron chi connectivity index (χ2n) is 5.83. The fourth-order valence-electron chi connectivity index (χ4n) is 2.61. The summed E-state index contributed by atoms with van der Waals surface area (Å²) >= 11 is 0. The molecule has 0 aromatic heterocycles. The molecule has 1 aromatic carbocycles. The Morgan fingerprint density at radius 3 is 2.74 bits per heavy atom. The largest absolute Gasteiger partial charge is 0.486 e. The van der Waals surface area contributed by atoms with Crippen molar-refractivity contribution in [3.05, 3.63) is 27.3 Å². The van der Waals surface area contributed by atoms with E-state index < -0.39 is 16.5 Å². The highest BCUT2D eigenvalue weighted by Gasteiger charge is 2.39. The molecule has 1 aromatic rings. The summed E-state index contributed by atoms with van der Waals surface area (Å²) in [6.07, 6.45) is 0.448. The first-order valence-electron chi connectivity index (χ1n) is 7.15. The molecule has 2 rings (SSSR count). The van der Waals surface area contributed by atoms with Crippen LogP contribution in [0, 0.1) is 10.1 Å². The van der Waals surface area contributed by atoms with E-state index in [0.29, 0.717) is 36.6 Å². The molecule has 8 nitrogen and oxygen atoms in total. The summed E-state index contributed by atoms with van der Waals surface area (Å²) in [5, 5.41) is 14.4. The topological polar surface area (TPSA) is 99.9 Å². The van der Waals surface area contributed by atoms with E-state index in [2.05, 4.69) is 5.32 Å². The van der Waals surface area contributed by atoms with Crippen molar-refractivity contribution in [2.75, 3.05) is 32.7 Å². The number of carbonyl (C=O) groups excluding carboxylic acids is 1. The Hall–Kier alpha value is -2.35. The Morgan fingerprint density at radius 1 is 1.48 bits per heavy atom. The highest BCUT2D eigenvalue weighted by atomic mass is 16.6. The minimum Gasteiger partial charge on any atom is -0.486 e. The summed E-state index contributed by atoms with van der Waals surface area (Å²) in [7, 11) is 2.78. The number of nitrogens with one attached hydrogen (secondary N) is 1. The lowest BCUT2D eigenvalue weighted by Crippen LogP contribution is -2.25. The van der Waals surface area contributed by atoms with Gasteiger partial charge in [0.05, 0.1) is 18.6 Å². The first-order valence-corrected chi connectivity index (χ1v) is 7.15. The molecule has 1 heterocycles. The fourth-order valence-corrected chi connectivity index (χ4v) is 2.61. The molecule has 0 amide bonds. The Morgan fingerprint density at radius 2 is 2.17 bits per heavy atom. The molecule has 0 bridgehead atoms. The van der Waals surface area contributed by atoms with Gasteiger partial charge in [-0.05, 0) is 13.8 Å². The number of rotatable bonds is 6. The second kappa shape index (κ2) is 6.41. The SMILES string of the molecule is COCCNc1c([N+](=O)[O-])cc(C(=O)OC)c2c1CC(C)(C)O2. The highest BCUT2D eigenvalue weighted by molar-refractivity contribution is 5.96. The molecule has 0 saturated heterocycles. The number of fused-ring (bicyclic) bond motifs is 1. The predicted molar refractivity (Wildman–Crippen MR) is 83.2 cm³/mol. The van der Waals surface area contributed by atoms with Crippen LogP contribution in [0.1, 0.15) is 29.8 Å². The molecule has 1 N–H and O–H groups in total. The maximum atomic E-state index is 12.0. The predicted octanol–water partition coefficient (Wildman–Crippen LogP) is 2.15. The third-order valence-electron chi connectivity index (χ3n) is 3.55. The van der Waals surface area contributed by atoms with Gasteiger partial charge in [-0.25, -0.2) is 4.79 Å². The van der Waals surface area contributed by atoms with Crippen LogP contribution in [-0.2, 0) is 15.9 Å². The van der Waals surface area contributed by atoms with Crippen LogP contribution in [0.15, 0.2) is 6.07 Å². The van der Waals surface area contributed by atoms with Gasteiger partial charge in [-0.15, -0.1) is 0 Å². The molecular formula is C15H20N2O6. The Labute approximate surface area is 133 Å². The molecule has 0 fully saturated rings. The van der Waals surface area contributed by atoms with E-state index in [1.54, 1.807) is 7.11 Å². The van der Waals surface area contributed by atoms with Crippen LogP contribution in [0.2, 0.25) is 0 Å². The number of nitro groups is 1. The van der Waals surface area contributed by atoms with Crippen molar-refractivity contribution in [2.45, 2.75) is 25.9 Å². The van der Waals surface area contributed by atoms with Crippen LogP contribution < -0.4 is 10.1 Å². The van der Waals surface area contributed by atoms with Crippen LogP contribution in [-0.4, -0.2) is 43.9 Å². The molecule has 0 aliphatic carbocycles. The number of nitrogens with zero attached hydrogens (tertiary/aromatic N) is 1. The van der Waals surface area contributed by atoms with Crippen molar-refractivity contribution in [1.29, 1.82) is 0 Å². The third-order valence-corrected chi connectivity index (χ3v) is 3.55. The number of carbonyl (C=O) groups is 1. The molecule has 0 spiro atoms. The lowest BCUT2D eigenvalue weighted by molar-refractivity contribution is -0.384.